The molecule has 0 aromatic carbocycles. The van der Waals surface area contributed by atoms with Crippen LogP contribution in [0.5, 0.6) is 0 Å². The van der Waals surface area contributed by atoms with Gasteiger partial charge in [0.15, 0.2) is 0 Å². The van der Waals surface area contributed by atoms with Crippen molar-refractivity contribution in [3.63, 3.8) is 0 Å². The van der Waals surface area contributed by atoms with Gasteiger partial charge in [0.05, 0.1) is 5.56 Å². The van der Waals surface area contributed by atoms with E-state index in [4.69, 9.17) is 5.11 Å². The van der Waals surface area contributed by atoms with E-state index < -0.39 is 11.9 Å². The highest BCUT2D eigenvalue weighted by molar-refractivity contribution is 5.93. The van der Waals surface area contributed by atoms with E-state index in [2.05, 4.69) is 10.3 Å². The van der Waals surface area contributed by atoms with Crippen molar-refractivity contribution in [2.24, 2.45) is 0 Å². The summed E-state index contributed by atoms with van der Waals surface area (Å²) in [4.78, 5) is 25.4. The zero-order valence-corrected chi connectivity index (χ0v) is 10.0. The largest absolute Gasteiger partial charge is 0.481 e. The summed E-state index contributed by atoms with van der Waals surface area (Å²) in [6, 6.07) is 2.33. The highest BCUT2D eigenvalue weighted by Crippen LogP contribution is 2.03. The van der Waals surface area contributed by atoms with E-state index in [9.17, 15) is 14.0 Å². The molecule has 0 spiro atoms. The van der Waals surface area contributed by atoms with E-state index in [1.54, 1.807) is 6.92 Å². The van der Waals surface area contributed by atoms with Crippen LogP contribution >= 0.6 is 0 Å². The van der Waals surface area contributed by atoms with Crippen LogP contribution in [0, 0.1) is 5.95 Å². The van der Waals surface area contributed by atoms with Gasteiger partial charge in [0, 0.05) is 18.7 Å². The molecule has 1 aromatic rings. The quantitative estimate of drug-likeness (QED) is 0.755. The minimum Gasteiger partial charge on any atom is -0.481 e. The van der Waals surface area contributed by atoms with E-state index in [0.29, 0.717) is 12.8 Å². The number of hydrogen-bond donors (Lipinski definition) is 2. The Morgan fingerprint density at radius 3 is 2.78 bits per heavy atom. The van der Waals surface area contributed by atoms with Gasteiger partial charge in [-0.1, -0.05) is 0 Å². The second-order valence-electron chi connectivity index (χ2n) is 4.03. The second kappa shape index (κ2) is 6.68. The number of halogens is 1. The fourth-order valence-corrected chi connectivity index (χ4v) is 1.45. The predicted molar refractivity (Wildman–Crippen MR) is 62.6 cm³/mol. The lowest BCUT2D eigenvalue weighted by atomic mass is 10.1. The number of carboxylic acid groups (broad SMARTS) is 1. The van der Waals surface area contributed by atoms with Crippen molar-refractivity contribution >= 4 is 11.9 Å². The molecule has 2 N–H and O–H groups in total. The molecule has 1 heterocycles. The lowest BCUT2D eigenvalue weighted by Gasteiger charge is -2.12. The summed E-state index contributed by atoms with van der Waals surface area (Å²) in [7, 11) is 0. The number of aliphatic carboxylic acids is 1. The van der Waals surface area contributed by atoms with Crippen LogP contribution in [0.1, 0.15) is 36.5 Å². The van der Waals surface area contributed by atoms with Gasteiger partial charge in [0.2, 0.25) is 5.95 Å². The highest BCUT2D eigenvalue weighted by Gasteiger charge is 2.10. The van der Waals surface area contributed by atoms with Crippen molar-refractivity contribution in [3.05, 3.63) is 29.8 Å². The Morgan fingerprint density at radius 1 is 1.50 bits per heavy atom. The van der Waals surface area contributed by atoms with Gasteiger partial charge in [-0.05, 0) is 31.9 Å². The summed E-state index contributed by atoms with van der Waals surface area (Å²) in [5.41, 5.74) is 0.279. The summed E-state index contributed by atoms with van der Waals surface area (Å²) in [5, 5.41) is 11.2. The predicted octanol–water partition coefficient (Wildman–Crippen LogP) is 1.59. The molecule has 1 amide bonds. The molecule has 5 nitrogen and oxygen atoms in total. The maximum Gasteiger partial charge on any atom is 0.303 e. The van der Waals surface area contributed by atoms with Crippen LogP contribution in [-0.2, 0) is 4.79 Å². The first-order valence-corrected chi connectivity index (χ1v) is 5.63. The van der Waals surface area contributed by atoms with E-state index in [1.807, 2.05) is 0 Å². The minimum absolute atomic E-state index is 0.0817. The number of nitrogens with zero attached hydrogens (tertiary/aromatic N) is 1. The summed E-state index contributed by atoms with van der Waals surface area (Å²) in [6.07, 6.45) is 2.32. The molecule has 0 saturated carbocycles. The maximum absolute atomic E-state index is 12.6. The van der Waals surface area contributed by atoms with E-state index in [-0.39, 0.29) is 23.9 Å². The Hall–Kier alpha value is -1.98. The fraction of sp³-hybridized carbons (Fsp3) is 0.417. The van der Waals surface area contributed by atoms with Crippen LogP contribution in [0.4, 0.5) is 4.39 Å². The molecule has 0 fully saturated rings. The molecule has 98 valence electrons. The molecular formula is C12H15FN2O3. The summed E-state index contributed by atoms with van der Waals surface area (Å²) < 4.78 is 12.6. The van der Waals surface area contributed by atoms with Crippen molar-refractivity contribution in [2.75, 3.05) is 0 Å². The SMILES string of the molecule is CC(CCCC(=O)O)NC(=O)c1ccc(F)nc1. The molecule has 0 radical (unpaired) electrons. The average molecular weight is 254 g/mol. The van der Waals surface area contributed by atoms with Gasteiger partial charge in [-0.2, -0.15) is 4.39 Å². The topological polar surface area (TPSA) is 79.3 Å². The molecule has 0 saturated heterocycles. The molecule has 0 aliphatic carbocycles. The van der Waals surface area contributed by atoms with Crippen LogP contribution in [0.25, 0.3) is 0 Å². The zero-order chi connectivity index (χ0) is 13.5. The van der Waals surface area contributed by atoms with Gasteiger partial charge in [-0.3, -0.25) is 9.59 Å². The zero-order valence-electron chi connectivity index (χ0n) is 10.0. The van der Waals surface area contributed by atoms with E-state index in [0.717, 1.165) is 12.3 Å². The Morgan fingerprint density at radius 2 is 2.22 bits per heavy atom. The number of rotatable bonds is 6. The third kappa shape index (κ3) is 4.90. The van der Waals surface area contributed by atoms with Gasteiger partial charge >= 0.3 is 5.97 Å². The van der Waals surface area contributed by atoms with Gasteiger partial charge in [0.1, 0.15) is 0 Å². The Kier molecular flexibility index (Phi) is 5.23. The molecule has 1 atom stereocenters. The van der Waals surface area contributed by atoms with Crippen LogP contribution < -0.4 is 5.32 Å². The number of aromatic nitrogens is 1. The van der Waals surface area contributed by atoms with Crippen LogP contribution in [-0.4, -0.2) is 28.0 Å². The molecule has 1 rings (SSSR count). The molecule has 1 aromatic heterocycles. The van der Waals surface area contributed by atoms with Crippen molar-refractivity contribution in [1.82, 2.24) is 10.3 Å². The number of hydrogen-bond acceptors (Lipinski definition) is 3. The molecule has 1 unspecified atom stereocenters. The van der Waals surface area contributed by atoms with E-state index in [1.165, 1.54) is 6.07 Å². The maximum atomic E-state index is 12.6. The third-order valence-electron chi connectivity index (χ3n) is 2.39. The highest BCUT2D eigenvalue weighted by atomic mass is 19.1. The molecule has 0 aliphatic rings. The van der Waals surface area contributed by atoms with Crippen LogP contribution in [0.15, 0.2) is 18.3 Å². The number of nitrogens with one attached hydrogen (secondary N) is 1. The first-order valence-electron chi connectivity index (χ1n) is 5.63. The Bertz CT molecular complexity index is 420. The van der Waals surface area contributed by atoms with Crippen molar-refractivity contribution in [1.29, 1.82) is 0 Å². The van der Waals surface area contributed by atoms with Crippen molar-refractivity contribution in [2.45, 2.75) is 32.2 Å². The number of carbonyl (C=O) groups excluding carboxylic acids is 1. The van der Waals surface area contributed by atoms with Gasteiger partial charge in [-0.15, -0.1) is 0 Å². The number of carboxylic acids is 1. The number of amides is 1. The third-order valence-corrected chi connectivity index (χ3v) is 2.39. The van der Waals surface area contributed by atoms with Crippen molar-refractivity contribution < 1.29 is 19.1 Å². The summed E-state index contributed by atoms with van der Waals surface area (Å²) in [5.74, 6) is -1.83. The van der Waals surface area contributed by atoms with Gasteiger partial charge in [-0.25, -0.2) is 4.98 Å². The molecular weight excluding hydrogens is 239 g/mol. The molecule has 0 aliphatic heterocycles. The Labute approximate surface area is 104 Å². The smallest absolute Gasteiger partial charge is 0.303 e. The summed E-state index contributed by atoms with van der Waals surface area (Å²) >= 11 is 0. The van der Waals surface area contributed by atoms with Gasteiger partial charge in [0.25, 0.3) is 5.91 Å². The minimum atomic E-state index is -0.851. The number of carbonyl (C=O) groups is 2. The average Bonchev–Trinajstić information content (AvgIpc) is 2.29. The van der Waals surface area contributed by atoms with Crippen LogP contribution in [0.3, 0.4) is 0 Å². The molecule has 0 bridgehead atoms. The first kappa shape index (κ1) is 14.1. The normalized spacial score (nSPS) is 11.9. The monoisotopic (exact) mass is 254 g/mol. The van der Waals surface area contributed by atoms with Crippen molar-refractivity contribution in [3.8, 4) is 0 Å². The van der Waals surface area contributed by atoms with Gasteiger partial charge < -0.3 is 10.4 Å². The second-order valence-corrected chi connectivity index (χ2v) is 4.03. The fourth-order valence-electron chi connectivity index (χ4n) is 1.45. The Balaban J connectivity index is 2.39. The first-order chi connectivity index (χ1) is 8.49. The number of pyridine rings is 1. The standard InChI is InChI=1S/C12H15FN2O3/c1-8(3-2-4-11(16)17)15-12(18)9-5-6-10(13)14-7-9/h5-8H,2-4H2,1H3,(H,15,18)(H,16,17). The van der Waals surface area contributed by atoms with Crippen LogP contribution in [0.2, 0.25) is 0 Å². The van der Waals surface area contributed by atoms with E-state index >= 15 is 0 Å². The molecule has 6 heteroatoms. The lowest BCUT2D eigenvalue weighted by Crippen LogP contribution is -2.32. The molecule has 18 heavy (non-hydrogen) atoms. The summed E-state index contributed by atoms with van der Waals surface area (Å²) in [6.45, 7) is 1.79. The lowest BCUT2D eigenvalue weighted by molar-refractivity contribution is -0.137.